The monoisotopic (exact) mass is 224 g/mol. The lowest BCUT2D eigenvalue weighted by Gasteiger charge is -2.20. The molecule has 1 unspecified atom stereocenters. The quantitative estimate of drug-likeness (QED) is 0.685. The second kappa shape index (κ2) is 3.74. The minimum absolute atomic E-state index is 0.277. The summed E-state index contributed by atoms with van der Waals surface area (Å²) < 4.78 is 4.81. The summed E-state index contributed by atoms with van der Waals surface area (Å²) in [5.41, 5.74) is 4.07. The Morgan fingerprint density at radius 3 is 3.00 bits per heavy atom. The molecule has 0 aromatic heterocycles. The van der Waals surface area contributed by atoms with Crippen LogP contribution >= 0.6 is 0 Å². The molecule has 0 heterocycles. The Bertz CT molecular complexity index is 577. The van der Waals surface area contributed by atoms with E-state index in [9.17, 15) is 4.79 Å². The van der Waals surface area contributed by atoms with E-state index in [0.29, 0.717) is 11.5 Å². The summed E-state index contributed by atoms with van der Waals surface area (Å²) in [7, 11) is 1.41. The number of fused-ring (bicyclic) bond motifs is 3. The molecular formula is C15H12O2. The van der Waals surface area contributed by atoms with Crippen LogP contribution in [-0.4, -0.2) is 13.1 Å². The molecule has 1 atom stereocenters. The van der Waals surface area contributed by atoms with E-state index in [4.69, 9.17) is 4.74 Å². The number of carbonyl (C=O) groups is 1. The Labute approximate surface area is 99.9 Å². The van der Waals surface area contributed by atoms with Crippen LogP contribution in [0.25, 0.3) is 6.08 Å². The van der Waals surface area contributed by atoms with Gasteiger partial charge < -0.3 is 4.74 Å². The molecule has 0 aliphatic heterocycles. The van der Waals surface area contributed by atoms with E-state index < -0.39 is 0 Å². The maximum absolute atomic E-state index is 11.7. The topological polar surface area (TPSA) is 26.3 Å². The third kappa shape index (κ3) is 1.45. The van der Waals surface area contributed by atoms with Crippen molar-refractivity contribution in [1.82, 2.24) is 0 Å². The van der Waals surface area contributed by atoms with Crippen molar-refractivity contribution in [3.63, 3.8) is 0 Å². The standard InChI is InChI=1S/C15H12O2/c1-17-15(16)14-7-3-6-12-11-5-2-4-10(11)8-9-13(12)14/h2-9,11H,1H3. The van der Waals surface area contributed by atoms with Crippen LogP contribution < -0.4 is 0 Å². The van der Waals surface area contributed by atoms with Gasteiger partial charge in [-0.25, -0.2) is 4.79 Å². The van der Waals surface area contributed by atoms with Crippen LogP contribution in [0.4, 0.5) is 0 Å². The van der Waals surface area contributed by atoms with Crippen molar-refractivity contribution < 1.29 is 9.53 Å². The van der Waals surface area contributed by atoms with Gasteiger partial charge in [0.05, 0.1) is 12.7 Å². The number of hydrogen-bond donors (Lipinski definition) is 0. The van der Waals surface area contributed by atoms with Gasteiger partial charge in [0, 0.05) is 5.92 Å². The Balaban J connectivity index is 2.18. The highest BCUT2D eigenvalue weighted by Crippen LogP contribution is 2.38. The van der Waals surface area contributed by atoms with E-state index in [1.807, 2.05) is 18.2 Å². The van der Waals surface area contributed by atoms with Gasteiger partial charge in [0.25, 0.3) is 0 Å². The van der Waals surface area contributed by atoms with Gasteiger partial charge in [-0.3, -0.25) is 0 Å². The van der Waals surface area contributed by atoms with Crippen LogP contribution in [0.3, 0.4) is 0 Å². The minimum Gasteiger partial charge on any atom is -0.465 e. The molecule has 2 nitrogen and oxygen atoms in total. The van der Waals surface area contributed by atoms with Gasteiger partial charge >= 0.3 is 5.97 Å². The van der Waals surface area contributed by atoms with Gasteiger partial charge in [0.15, 0.2) is 0 Å². The third-order valence-corrected chi connectivity index (χ3v) is 3.27. The lowest BCUT2D eigenvalue weighted by molar-refractivity contribution is 0.0600. The number of allylic oxidation sites excluding steroid dienone is 5. The number of rotatable bonds is 1. The predicted octanol–water partition coefficient (Wildman–Crippen LogP) is 3.08. The zero-order valence-corrected chi connectivity index (χ0v) is 9.51. The molecule has 17 heavy (non-hydrogen) atoms. The lowest BCUT2D eigenvalue weighted by atomic mass is 9.83. The van der Waals surface area contributed by atoms with Crippen LogP contribution in [0, 0.1) is 0 Å². The van der Waals surface area contributed by atoms with E-state index in [2.05, 4.69) is 30.4 Å². The first kappa shape index (κ1) is 10.1. The molecule has 0 amide bonds. The summed E-state index contributed by atoms with van der Waals surface area (Å²) in [5, 5.41) is 0. The number of carbonyl (C=O) groups excluding carboxylic acids is 1. The Hall–Kier alpha value is -2.09. The molecule has 0 fully saturated rings. The first-order valence-corrected chi connectivity index (χ1v) is 5.59. The highest BCUT2D eigenvalue weighted by atomic mass is 16.5. The maximum atomic E-state index is 11.7. The molecule has 0 saturated heterocycles. The predicted molar refractivity (Wildman–Crippen MR) is 66.8 cm³/mol. The van der Waals surface area contributed by atoms with Gasteiger partial charge in [-0.1, -0.05) is 42.5 Å². The molecule has 0 spiro atoms. The van der Waals surface area contributed by atoms with Crippen molar-refractivity contribution in [2.24, 2.45) is 0 Å². The largest absolute Gasteiger partial charge is 0.465 e. The van der Waals surface area contributed by atoms with Crippen molar-refractivity contribution in [3.8, 4) is 0 Å². The van der Waals surface area contributed by atoms with E-state index >= 15 is 0 Å². The summed E-state index contributed by atoms with van der Waals surface area (Å²) in [4.78, 5) is 11.7. The van der Waals surface area contributed by atoms with Gasteiger partial charge in [-0.2, -0.15) is 0 Å². The smallest absolute Gasteiger partial charge is 0.338 e. The van der Waals surface area contributed by atoms with Crippen molar-refractivity contribution in [2.45, 2.75) is 5.92 Å². The minimum atomic E-state index is -0.277. The lowest BCUT2D eigenvalue weighted by Crippen LogP contribution is -2.10. The van der Waals surface area contributed by atoms with Crippen molar-refractivity contribution in [3.05, 3.63) is 64.8 Å². The molecule has 2 aliphatic rings. The van der Waals surface area contributed by atoms with Gasteiger partial charge in [0.1, 0.15) is 0 Å². The SMILES string of the molecule is COC(=O)c1cccc2c1C=CC1=CC=CC12. The average Bonchev–Trinajstić information content (AvgIpc) is 2.85. The van der Waals surface area contributed by atoms with Crippen molar-refractivity contribution in [2.75, 3.05) is 7.11 Å². The van der Waals surface area contributed by atoms with Crippen LogP contribution in [0.5, 0.6) is 0 Å². The fraction of sp³-hybridized carbons (Fsp3) is 0.133. The van der Waals surface area contributed by atoms with E-state index in [0.717, 1.165) is 5.56 Å². The number of hydrogen-bond acceptors (Lipinski definition) is 2. The summed E-state index contributed by atoms with van der Waals surface area (Å²) in [6.45, 7) is 0. The average molecular weight is 224 g/mol. The summed E-state index contributed by atoms with van der Waals surface area (Å²) in [6.07, 6.45) is 10.4. The molecule has 0 N–H and O–H groups in total. The van der Waals surface area contributed by atoms with Crippen molar-refractivity contribution in [1.29, 1.82) is 0 Å². The fourth-order valence-corrected chi connectivity index (χ4v) is 2.44. The highest BCUT2D eigenvalue weighted by molar-refractivity contribution is 5.95. The maximum Gasteiger partial charge on any atom is 0.338 e. The zero-order valence-electron chi connectivity index (χ0n) is 9.51. The fourth-order valence-electron chi connectivity index (χ4n) is 2.44. The number of esters is 1. The Kier molecular flexibility index (Phi) is 2.22. The molecule has 2 aliphatic carbocycles. The van der Waals surface area contributed by atoms with Crippen LogP contribution in [0.2, 0.25) is 0 Å². The van der Waals surface area contributed by atoms with Gasteiger partial charge in [-0.05, 0) is 22.8 Å². The second-order valence-electron chi connectivity index (χ2n) is 4.16. The highest BCUT2D eigenvalue weighted by Gasteiger charge is 2.24. The normalized spacial score (nSPS) is 19.6. The van der Waals surface area contributed by atoms with E-state index in [1.165, 1.54) is 18.2 Å². The number of methoxy groups -OCH3 is 1. The molecule has 0 saturated carbocycles. The summed E-state index contributed by atoms with van der Waals surface area (Å²) in [6, 6.07) is 5.79. The molecule has 1 aromatic rings. The van der Waals surface area contributed by atoms with E-state index in [-0.39, 0.29) is 5.97 Å². The van der Waals surface area contributed by atoms with Crippen molar-refractivity contribution >= 4 is 12.0 Å². The van der Waals surface area contributed by atoms with E-state index in [1.54, 1.807) is 0 Å². The molecule has 0 radical (unpaired) electrons. The van der Waals surface area contributed by atoms with Gasteiger partial charge in [0.2, 0.25) is 0 Å². The number of benzene rings is 1. The molecule has 3 rings (SSSR count). The molecule has 84 valence electrons. The molecule has 0 bridgehead atoms. The molecular weight excluding hydrogens is 212 g/mol. The Morgan fingerprint density at radius 2 is 2.18 bits per heavy atom. The van der Waals surface area contributed by atoms with Crippen LogP contribution in [-0.2, 0) is 4.74 Å². The second-order valence-corrected chi connectivity index (χ2v) is 4.16. The summed E-state index contributed by atoms with van der Waals surface area (Å²) >= 11 is 0. The van der Waals surface area contributed by atoms with Gasteiger partial charge in [-0.15, -0.1) is 0 Å². The summed E-state index contributed by atoms with van der Waals surface area (Å²) in [5.74, 6) is 0.0144. The molecule has 2 heteroatoms. The zero-order chi connectivity index (χ0) is 11.8. The number of ether oxygens (including phenoxy) is 1. The first-order valence-electron chi connectivity index (χ1n) is 5.59. The third-order valence-electron chi connectivity index (χ3n) is 3.27. The van der Waals surface area contributed by atoms with Crippen LogP contribution in [0.15, 0.2) is 48.1 Å². The first-order chi connectivity index (χ1) is 8.31. The molecule has 1 aromatic carbocycles. The Morgan fingerprint density at radius 1 is 1.29 bits per heavy atom. The van der Waals surface area contributed by atoms with Crippen LogP contribution in [0.1, 0.15) is 27.4 Å².